The summed E-state index contributed by atoms with van der Waals surface area (Å²) in [5, 5.41) is 23.0. The number of aliphatic hydroxyl groups is 1. The number of hydrogen-bond acceptors (Lipinski definition) is 5. The molecule has 118 valence electrons. The molecule has 2 aliphatic rings. The number of nitrogens with zero attached hydrogens (tertiary/aromatic N) is 3. The Hall–Kier alpha value is -1.64. The van der Waals surface area contributed by atoms with Crippen LogP contribution in [0.25, 0.3) is 0 Å². The van der Waals surface area contributed by atoms with Gasteiger partial charge in [-0.05, 0) is 37.9 Å². The molecule has 2 heterocycles. The van der Waals surface area contributed by atoms with E-state index in [4.69, 9.17) is 5.26 Å². The monoisotopic (exact) mass is 300 g/mol. The van der Waals surface area contributed by atoms with E-state index in [1.807, 2.05) is 0 Å². The van der Waals surface area contributed by atoms with E-state index < -0.39 is 0 Å². The molecule has 1 spiro atoms. The maximum absolute atomic E-state index is 10.5. The zero-order valence-electron chi connectivity index (χ0n) is 13.5. The van der Waals surface area contributed by atoms with Gasteiger partial charge < -0.3 is 15.3 Å². The minimum absolute atomic E-state index is 0.0306. The first kappa shape index (κ1) is 15.3. The zero-order chi connectivity index (χ0) is 15.9. The second-order valence-corrected chi connectivity index (χ2v) is 7.20. The van der Waals surface area contributed by atoms with Gasteiger partial charge in [-0.1, -0.05) is 13.8 Å². The van der Waals surface area contributed by atoms with Crippen LogP contribution in [0.3, 0.4) is 0 Å². The third-order valence-corrected chi connectivity index (χ3v) is 5.25. The molecule has 0 radical (unpaired) electrons. The van der Waals surface area contributed by atoms with Crippen molar-refractivity contribution in [3.63, 3.8) is 0 Å². The van der Waals surface area contributed by atoms with Crippen molar-refractivity contribution in [1.29, 1.82) is 5.26 Å². The Morgan fingerprint density at radius 3 is 2.91 bits per heavy atom. The first-order chi connectivity index (χ1) is 10.5. The van der Waals surface area contributed by atoms with Crippen LogP contribution in [-0.2, 0) is 0 Å². The molecule has 1 aliphatic carbocycles. The highest BCUT2D eigenvalue weighted by atomic mass is 16.3. The molecular formula is C17H24N4O. The minimum Gasteiger partial charge on any atom is -0.391 e. The summed E-state index contributed by atoms with van der Waals surface area (Å²) in [6.07, 6.45) is 3.05. The van der Waals surface area contributed by atoms with E-state index in [2.05, 4.69) is 42.2 Å². The highest BCUT2D eigenvalue weighted by Crippen LogP contribution is 2.52. The van der Waals surface area contributed by atoms with Crippen molar-refractivity contribution in [1.82, 2.24) is 9.88 Å². The highest BCUT2D eigenvalue weighted by Gasteiger charge is 2.58. The van der Waals surface area contributed by atoms with E-state index in [9.17, 15) is 5.11 Å². The number of aromatic nitrogens is 1. The van der Waals surface area contributed by atoms with E-state index in [0.717, 1.165) is 19.4 Å². The lowest BCUT2D eigenvalue weighted by atomic mass is 9.66. The van der Waals surface area contributed by atoms with Crippen LogP contribution >= 0.6 is 0 Å². The van der Waals surface area contributed by atoms with Crippen molar-refractivity contribution < 1.29 is 5.11 Å². The van der Waals surface area contributed by atoms with E-state index in [1.165, 1.54) is 0 Å². The number of pyridine rings is 1. The van der Waals surface area contributed by atoms with Gasteiger partial charge in [0.1, 0.15) is 11.9 Å². The summed E-state index contributed by atoms with van der Waals surface area (Å²) in [5.41, 5.74) is 0.725. The molecule has 1 aromatic rings. The van der Waals surface area contributed by atoms with Crippen molar-refractivity contribution in [2.75, 3.05) is 18.9 Å². The van der Waals surface area contributed by atoms with Gasteiger partial charge in [-0.2, -0.15) is 5.26 Å². The number of hydrogen-bond donors (Lipinski definition) is 2. The van der Waals surface area contributed by atoms with Gasteiger partial charge in [-0.25, -0.2) is 4.98 Å². The second kappa shape index (κ2) is 5.53. The third kappa shape index (κ3) is 2.37. The van der Waals surface area contributed by atoms with Crippen LogP contribution in [-0.4, -0.2) is 46.8 Å². The summed E-state index contributed by atoms with van der Waals surface area (Å²) in [6.45, 7) is 5.54. The Labute approximate surface area is 132 Å². The summed E-state index contributed by atoms with van der Waals surface area (Å²) in [6, 6.07) is 6.15. The minimum atomic E-state index is -0.386. The van der Waals surface area contributed by atoms with Crippen molar-refractivity contribution in [2.24, 2.45) is 11.3 Å². The van der Waals surface area contributed by atoms with Gasteiger partial charge in [0.2, 0.25) is 0 Å². The van der Waals surface area contributed by atoms with E-state index in [0.29, 0.717) is 23.3 Å². The van der Waals surface area contributed by atoms with E-state index in [-0.39, 0.29) is 17.6 Å². The Kier molecular flexibility index (Phi) is 3.84. The molecule has 4 atom stereocenters. The average molecular weight is 300 g/mol. The zero-order valence-corrected chi connectivity index (χ0v) is 13.5. The van der Waals surface area contributed by atoms with Crippen molar-refractivity contribution >= 4 is 5.82 Å². The smallest absolute Gasteiger partial charge is 0.144 e. The molecule has 22 heavy (non-hydrogen) atoms. The van der Waals surface area contributed by atoms with Gasteiger partial charge in [0.05, 0.1) is 17.7 Å². The Morgan fingerprint density at radius 1 is 1.50 bits per heavy atom. The molecule has 2 unspecified atom stereocenters. The summed E-state index contributed by atoms with van der Waals surface area (Å²) in [4.78, 5) is 6.64. The van der Waals surface area contributed by atoms with E-state index >= 15 is 0 Å². The molecule has 0 bridgehead atoms. The molecule has 1 aliphatic heterocycles. The van der Waals surface area contributed by atoms with Crippen LogP contribution in [0, 0.1) is 22.7 Å². The standard InChI is InChI=1S/C17H24N4O/c1-11(2)15-17(10-21(15)3)7-13(14(22)8-17)20-16-12(9-18)5-4-6-19-16/h4-6,11,13-15,22H,7-8,10H2,1-3H3,(H,19,20)/t13-,14-,15?,17?/m1/s1. The molecule has 3 rings (SSSR count). The number of rotatable bonds is 3. The quantitative estimate of drug-likeness (QED) is 0.891. The molecule has 1 saturated carbocycles. The predicted molar refractivity (Wildman–Crippen MR) is 85.3 cm³/mol. The molecule has 5 heteroatoms. The van der Waals surface area contributed by atoms with Gasteiger partial charge in [-0.15, -0.1) is 0 Å². The van der Waals surface area contributed by atoms with Crippen LogP contribution in [0.15, 0.2) is 18.3 Å². The molecule has 1 saturated heterocycles. The number of anilines is 1. The molecule has 2 N–H and O–H groups in total. The van der Waals surface area contributed by atoms with Gasteiger partial charge in [0, 0.05) is 24.2 Å². The third-order valence-electron chi connectivity index (χ3n) is 5.25. The van der Waals surface area contributed by atoms with Crippen LogP contribution in [0.2, 0.25) is 0 Å². The largest absolute Gasteiger partial charge is 0.391 e. The molecule has 5 nitrogen and oxygen atoms in total. The van der Waals surface area contributed by atoms with E-state index in [1.54, 1.807) is 18.3 Å². The maximum Gasteiger partial charge on any atom is 0.144 e. The summed E-state index contributed by atoms with van der Waals surface area (Å²) < 4.78 is 0. The summed E-state index contributed by atoms with van der Waals surface area (Å²) >= 11 is 0. The normalized spacial score (nSPS) is 34.6. The predicted octanol–water partition coefficient (Wildman–Crippen LogP) is 1.84. The number of nitrogens with one attached hydrogen (secondary N) is 1. The number of aliphatic hydroxyl groups excluding tert-OH is 1. The van der Waals surface area contributed by atoms with Crippen molar-refractivity contribution in [3.8, 4) is 6.07 Å². The van der Waals surface area contributed by atoms with Crippen molar-refractivity contribution in [2.45, 2.75) is 44.9 Å². The Bertz CT molecular complexity index is 592. The summed E-state index contributed by atoms with van der Waals surface area (Å²) in [5.74, 6) is 1.16. The van der Waals surface area contributed by atoms with Gasteiger partial charge in [-0.3, -0.25) is 0 Å². The van der Waals surface area contributed by atoms with Crippen LogP contribution in [0.1, 0.15) is 32.3 Å². The van der Waals surface area contributed by atoms with Gasteiger partial charge in [0.25, 0.3) is 0 Å². The fourth-order valence-corrected chi connectivity index (χ4v) is 4.78. The molecular weight excluding hydrogens is 276 g/mol. The first-order valence-corrected chi connectivity index (χ1v) is 7.97. The lowest BCUT2D eigenvalue weighted by Gasteiger charge is -2.57. The molecule has 1 aromatic heterocycles. The first-order valence-electron chi connectivity index (χ1n) is 7.97. The van der Waals surface area contributed by atoms with Gasteiger partial charge >= 0.3 is 0 Å². The highest BCUT2D eigenvalue weighted by molar-refractivity contribution is 5.52. The summed E-state index contributed by atoms with van der Waals surface area (Å²) in [7, 11) is 2.16. The fraction of sp³-hybridized carbons (Fsp3) is 0.647. The lowest BCUT2D eigenvalue weighted by Crippen LogP contribution is -2.64. The van der Waals surface area contributed by atoms with Crippen LogP contribution < -0.4 is 5.32 Å². The molecule has 0 aromatic carbocycles. The Morgan fingerprint density at radius 2 is 2.27 bits per heavy atom. The average Bonchev–Trinajstić information content (AvgIpc) is 2.76. The lowest BCUT2D eigenvalue weighted by molar-refractivity contribution is -0.0825. The fourth-order valence-electron chi connectivity index (χ4n) is 4.78. The topological polar surface area (TPSA) is 72.2 Å². The van der Waals surface area contributed by atoms with Crippen LogP contribution in [0.4, 0.5) is 5.82 Å². The SMILES string of the molecule is CC(C)C1N(C)CC12C[C@@H](O)[C@H](Nc1ncccc1C#N)C2. The number of likely N-dealkylation sites (tertiary alicyclic amines) is 1. The van der Waals surface area contributed by atoms with Crippen LogP contribution in [0.5, 0.6) is 0 Å². The maximum atomic E-state index is 10.5. The Balaban J connectivity index is 1.76. The van der Waals surface area contributed by atoms with Crippen molar-refractivity contribution in [3.05, 3.63) is 23.9 Å². The molecule has 2 fully saturated rings. The number of nitriles is 1. The second-order valence-electron chi connectivity index (χ2n) is 7.20. The molecule has 0 amide bonds. The van der Waals surface area contributed by atoms with Gasteiger partial charge in [0.15, 0.2) is 0 Å².